The molecule has 0 unspecified atom stereocenters. The topological polar surface area (TPSA) is 77.2 Å². The number of urea groups is 1. The number of rotatable bonds is 4. The molecule has 140 valence electrons. The maximum Gasteiger partial charge on any atom is 0.317 e. The van der Waals surface area contributed by atoms with E-state index < -0.39 is 0 Å². The van der Waals surface area contributed by atoms with Gasteiger partial charge in [0.25, 0.3) is 0 Å². The molecule has 2 aromatic heterocycles. The van der Waals surface area contributed by atoms with Crippen molar-refractivity contribution in [2.24, 2.45) is 0 Å². The summed E-state index contributed by atoms with van der Waals surface area (Å²) < 4.78 is 12.9. The molecule has 1 saturated heterocycles. The predicted octanol–water partition coefficient (Wildman–Crippen LogP) is 2.17. The quantitative estimate of drug-likeness (QED) is 0.740. The van der Waals surface area contributed by atoms with Crippen molar-refractivity contribution in [3.05, 3.63) is 54.2 Å². The van der Waals surface area contributed by atoms with Gasteiger partial charge in [-0.25, -0.2) is 19.2 Å². The Kier molecular flexibility index (Phi) is 4.86. The van der Waals surface area contributed by atoms with Crippen molar-refractivity contribution in [1.29, 1.82) is 0 Å². The fraction of sp³-hybridized carbons (Fsp3) is 0.316. The van der Waals surface area contributed by atoms with E-state index in [4.69, 9.17) is 0 Å². The smallest absolute Gasteiger partial charge is 0.317 e. The minimum Gasteiger partial charge on any atom is -0.352 e. The molecule has 0 spiro atoms. The number of aromatic nitrogens is 3. The minimum absolute atomic E-state index is 0.0637. The molecule has 2 amide bonds. The highest BCUT2D eigenvalue weighted by atomic mass is 19.1. The highest BCUT2D eigenvalue weighted by molar-refractivity contribution is 5.87. The van der Waals surface area contributed by atoms with Gasteiger partial charge in [-0.1, -0.05) is 12.1 Å². The van der Waals surface area contributed by atoms with Crippen LogP contribution < -0.4 is 10.2 Å². The second-order valence-electron chi connectivity index (χ2n) is 6.52. The van der Waals surface area contributed by atoms with Crippen molar-refractivity contribution in [2.75, 3.05) is 37.6 Å². The molecular formula is C19H21FN6O. The number of hydrogen-bond acceptors (Lipinski definition) is 4. The van der Waals surface area contributed by atoms with Gasteiger partial charge in [-0.3, -0.25) is 0 Å². The summed E-state index contributed by atoms with van der Waals surface area (Å²) in [7, 11) is 0. The van der Waals surface area contributed by atoms with Crippen molar-refractivity contribution in [3.63, 3.8) is 0 Å². The molecule has 0 aliphatic carbocycles. The zero-order valence-electron chi connectivity index (χ0n) is 14.9. The van der Waals surface area contributed by atoms with E-state index in [2.05, 4.69) is 25.2 Å². The number of carbonyl (C=O) groups excluding carboxylic acids is 1. The van der Waals surface area contributed by atoms with Crippen LogP contribution in [0, 0.1) is 5.82 Å². The third-order valence-corrected chi connectivity index (χ3v) is 4.80. The van der Waals surface area contributed by atoms with Crippen molar-refractivity contribution < 1.29 is 9.18 Å². The lowest BCUT2D eigenvalue weighted by molar-refractivity contribution is 0.194. The van der Waals surface area contributed by atoms with E-state index in [0.29, 0.717) is 26.1 Å². The summed E-state index contributed by atoms with van der Waals surface area (Å²) in [6, 6.07) is 8.26. The molecule has 7 nitrogen and oxygen atoms in total. The van der Waals surface area contributed by atoms with Crippen LogP contribution in [0.2, 0.25) is 0 Å². The Labute approximate surface area is 156 Å². The Bertz CT molecular complexity index is 917. The number of carbonyl (C=O) groups is 1. The second-order valence-corrected chi connectivity index (χ2v) is 6.52. The first kappa shape index (κ1) is 17.3. The molecule has 3 heterocycles. The van der Waals surface area contributed by atoms with E-state index in [-0.39, 0.29) is 11.8 Å². The Morgan fingerprint density at radius 3 is 2.67 bits per heavy atom. The molecule has 1 aliphatic heterocycles. The van der Waals surface area contributed by atoms with Gasteiger partial charge in [0.15, 0.2) is 0 Å². The van der Waals surface area contributed by atoms with Gasteiger partial charge in [0, 0.05) is 38.9 Å². The number of piperazine rings is 1. The number of anilines is 1. The summed E-state index contributed by atoms with van der Waals surface area (Å²) >= 11 is 0. The number of amides is 2. The highest BCUT2D eigenvalue weighted by Gasteiger charge is 2.23. The molecule has 0 saturated carbocycles. The molecule has 1 fully saturated rings. The lowest BCUT2D eigenvalue weighted by Gasteiger charge is -2.35. The van der Waals surface area contributed by atoms with Crippen LogP contribution >= 0.6 is 0 Å². The third kappa shape index (κ3) is 3.84. The number of halogens is 1. The van der Waals surface area contributed by atoms with Crippen LogP contribution in [0.25, 0.3) is 11.0 Å². The fourth-order valence-electron chi connectivity index (χ4n) is 3.31. The average molecular weight is 368 g/mol. The number of fused-ring (bicyclic) bond motifs is 1. The lowest BCUT2D eigenvalue weighted by atomic mass is 10.1. The molecule has 1 aliphatic rings. The van der Waals surface area contributed by atoms with E-state index in [1.165, 1.54) is 12.1 Å². The highest BCUT2D eigenvalue weighted by Crippen LogP contribution is 2.22. The SMILES string of the molecule is O=C(NCCc1ccc(F)cc1)N1CCN(c2ncnc3[nH]ccc23)CC1. The first-order chi connectivity index (χ1) is 13.2. The third-order valence-electron chi connectivity index (χ3n) is 4.80. The van der Waals surface area contributed by atoms with E-state index in [0.717, 1.165) is 35.5 Å². The van der Waals surface area contributed by atoms with Gasteiger partial charge in [0.2, 0.25) is 0 Å². The number of benzene rings is 1. The molecule has 27 heavy (non-hydrogen) atoms. The van der Waals surface area contributed by atoms with Crippen molar-refractivity contribution in [2.45, 2.75) is 6.42 Å². The molecule has 1 aromatic carbocycles. The number of H-pyrrole nitrogens is 1. The van der Waals surface area contributed by atoms with Crippen molar-refractivity contribution in [1.82, 2.24) is 25.2 Å². The van der Waals surface area contributed by atoms with Crippen LogP contribution in [0.3, 0.4) is 0 Å². The van der Waals surface area contributed by atoms with Crippen LogP contribution in [0.15, 0.2) is 42.9 Å². The molecule has 8 heteroatoms. The van der Waals surface area contributed by atoms with Crippen LogP contribution in [0.1, 0.15) is 5.56 Å². The van der Waals surface area contributed by atoms with Crippen LogP contribution in [-0.4, -0.2) is 58.6 Å². The number of nitrogens with one attached hydrogen (secondary N) is 2. The maximum absolute atomic E-state index is 12.9. The molecular weight excluding hydrogens is 347 g/mol. The van der Waals surface area contributed by atoms with Crippen molar-refractivity contribution >= 4 is 22.9 Å². The van der Waals surface area contributed by atoms with E-state index in [9.17, 15) is 9.18 Å². The Hall–Kier alpha value is -3.16. The van der Waals surface area contributed by atoms with Gasteiger partial charge in [0.05, 0.1) is 5.39 Å². The lowest BCUT2D eigenvalue weighted by Crippen LogP contribution is -2.52. The first-order valence-electron chi connectivity index (χ1n) is 9.01. The summed E-state index contributed by atoms with van der Waals surface area (Å²) in [4.78, 5) is 28.1. The molecule has 0 bridgehead atoms. The number of hydrogen-bond donors (Lipinski definition) is 2. The molecule has 2 N–H and O–H groups in total. The van der Waals surface area contributed by atoms with E-state index in [1.54, 1.807) is 18.5 Å². The zero-order chi connectivity index (χ0) is 18.6. The van der Waals surface area contributed by atoms with Gasteiger partial charge in [0.1, 0.15) is 23.6 Å². The zero-order valence-corrected chi connectivity index (χ0v) is 14.9. The summed E-state index contributed by atoms with van der Waals surface area (Å²) in [6.45, 7) is 3.25. The van der Waals surface area contributed by atoms with Gasteiger partial charge >= 0.3 is 6.03 Å². The average Bonchev–Trinajstić information content (AvgIpc) is 3.18. The van der Waals surface area contributed by atoms with Crippen LogP contribution in [0.4, 0.5) is 15.0 Å². The Morgan fingerprint density at radius 2 is 1.89 bits per heavy atom. The minimum atomic E-state index is -0.249. The summed E-state index contributed by atoms with van der Waals surface area (Å²) in [5.41, 5.74) is 1.82. The van der Waals surface area contributed by atoms with E-state index in [1.807, 2.05) is 17.2 Å². The standard InChI is InChI=1S/C19H21FN6O/c20-15-3-1-14(2-4-15)5-7-22-19(27)26-11-9-25(10-12-26)18-16-6-8-21-17(16)23-13-24-18/h1-4,6,8,13H,5,7,9-12H2,(H,22,27)(H,21,23,24). The molecule has 3 aromatic rings. The van der Waals surface area contributed by atoms with Crippen LogP contribution in [-0.2, 0) is 6.42 Å². The molecule has 0 atom stereocenters. The number of nitrogens with zero attached hydrogens (tertiary/aromatic N) is 4. The summed E-state index contributed by atoms with van der Waals surface area (Å²) in [6.07, 6.45) is 4.09. The Morgan fingerprint density at radius 1 is 1.11 bits per heavy atom. The Balaban J connectivity index is 1.28. The largest absolute Gasteiger partial charge is 0.352 e. The maximum atomic E-state index is 12.9. The van der Waals surface area contributed by atoms with Gasteiger partial charge in [-0.2, -0.15) is 0 Å². The summed E-state index contributed by atoms with van der Waals surface area (Å²) in [5, 5.41) is 3.93. The van der Waals surface area contributed by atoms with E-state index >= 15 is 0 Å². The predicted molar refractivity (Wildman–Crippen MR) is 101 cm³/mol. The van der Waals surface area contributed by atoms with Crippen molar-refractivity contribution in [3.8, 4) is 0 Å². The normalized spacial score (nSPS) is 14.6. The van der Waals surface area contributed by atoms with Crippen LogP contribution in [0.5, 0.6) is 0 Å². The molecule has 4 rings (SSSR count). The number of aromatic amines is 1. The summed E-state index contributed by atoms with van der Waals surface area (Å²) in [5.74, 6) is 0.652. The fourth-order valence-corrected chi connectivity index (χ4v) is 3.31. The molecule has 0 radical (unpaired) electrons. The first-order valence-corrected chi connectivity index (χ1v) is 9.01. The second kappa shape index (κ2) is 7.61. The van der Waals surface area contributed by atoms with Gasteiger partial charge in [-0.15, -0.1) is 0 Å². The van der Waals surface area contributed by atoms with Gasteiger partial charge < -0.3 is 20.1 Å². The van der Waals surface area contributed by atoms with Gasteiger partial charge in [-0.05, 0) is 30.2 Å². The monoisotopic (exact) mass is 368 g/mol.